The summed E-state index contributed by atoms with van der Waals surface area (Å²) in [5.41, 5.74) is 0. The minimum Gasteiger partial charge on any atom is -0.147 e. The van der Waals surface area contributed by atoms with E-state index in [0.717, 1.165) is 19.4 Å². The Morgan fingerprint density at radius 3 is 2.16 bits per heavy atom. The van der Waals surface area contributed by atoms with Crippen molar-refractivity contribution < 1.29 is 20.9 Å². The number of unbranched alkanes of at least 4 members (excludes halogenated alkanes) is 1. The van der Waals surface area contributed by atoms with Gasteiger partial charge in [0, 0.05) is 0 Å². The summed E-state index contributed by atoms with van der Waals surface area (Å²) in [5.74, 6) is 0. The maximum atomic E-state index is 5.83. The van der Waals surface area contributed by atoms with Crippen LogP contribution >= 0.6 is 24.8 Å². The van der Waals surface area contributed by atoms with Crippen LogP contribution in [-0.4, -0.2) is 6.61 Å². The minimum atomic E-state index is -4.02. The number of hydrogen-bond donors (Lipinski definition) is 1. The molecule has 0 fully saturated rings. The van der Waals surface area contributed by atoms with Crippen LogP contribution in [0.25, 0.3) is 0 Å². The average Bonchev–Trinajstić information content (AvgIpc) is 2.64. The van der Waals surface area contributed by atoms with Crippen LogP contribution in [0.3, 0.4) is 0 Å². The molecule has 117 valence electrons. The summed E-state index contributed by atoms with van der Waals surface area (Å²) >= 11 is -4.02. The van der Waals surface area contributed by atoms with E-state index in [1.807, 2.05) is 0 Å². The zero-order valence-electron chi connectivity index (χ0n) is 13.3. The molecule has 0 heterocycles. The third-order valence-electron chi connectivity index (χ3n) is 3.77. The van der Waals surface area contributed by atoms with E-state index < -0.39 is 16.1 Å². The Bertz CT molecular complexity index is 385. The molecule has 0 bridgehead atoms. The van der Waals surface area contributed by atoms with E-state index in [4.69, 9.17) is 4.84 Å². The van der Waals surface area contributed by atoms with Crippen molar-refractivity contribution in [2.75, 3.05) is 6.61 Å². The Balaban J connectivity index is 0. The number of rotatable bonds is 6. The van der Waals surface area contributed by atoms with Crippen LogP contribution in [0.15, 0.2) is 21.5 Å². The van der Waals surface area contributed by atoms with Crippen molar-refractivity contribution in [3.8, 4) is 0 Å². The Morgan fingerprint density at radius 2 is 1.74 bits per heavy atom. The molecule has 0 saturated heterocycles. The first-order chi connectivity index (χ1) is 7.40. The van der Waals surface area contributed by atoms with Gasteiger partial charge in [0.25, 0.3) is 0 Å². The summed E-state index contributed by atoms with van der Waals surface area (Å²) < 4.78 is 17.1. The van der Waals surface area contributed by atoms with Gasteiger partial charge in [0.2, 0.25) is 0 Å². The summed E-state index contributed by atoms with van der Waals surface area (Å²) in [5, 5.41) is 0. The molecule has 0 atom stereocenters. The fraction of sp³-hybridized carbons (Fsp3) is 0.714. The second-order valence-corrected chi connectivity index (χ2v) is 49.8. The second kappa shape index (κ2) is 5.25. The van der Waals surface area contributed by atoms with Gasteiger partial charge in [0.15, 0.2) is 0 Å². The normalized spacial score (nSPS) is 20.1. The zero-order valence-corrected chi connectivity index (χ0v) is 17.4. The van der Waals surface area contributed by atoms with Gasteiger partial charge < -0.3 is 0 Å². The fourth-order valence-corrected chi connectivity index (χ4v) is 10.3. The first-order valence-corrected chi connectivity index (χ1v) is 21.7. The SMILES string of the molecule is CCCCO[NH][Zr]([CH3])([CH3])([CH3])([CH3])([CH3])[C]1=CC=CC1.Cl.Cl. The quantitative estimate of drug-likeness (QED) is 0.448. The number of hydrogen-bond acceptors (Lipinski definition) is 2. The van der Waals surface area contributed by atoms with Crippen molar-refractivity contribution in [1.29, 1.82) is 0 Å². The monoisotopic (exact) mass is 390 g/mol. The molecule has 0 aromatic rings. The Kier molecular flexibility index (Phi) is 6.12. The smallest absolute Gasteiger partial charge is 0.147 e. The van der Waals surface area contributed by atoms with Crippen LogP contribution in [0.4, 0.5) is 0 Å². The van der Waals surface area contributed by atoms with Crippen LogP contribution < -0.4 is 3.42 Å². The van der Waals surface area contributed by atoms with E-state index in [1.165, 1.54) is 9.70 Å². The van der Waals surface area contributed by atoms with Gasteiger partial charge in [-0.25, -0.2) is 0 Å². The largest absolute Gasteiger partial charge is 0.147 e. The van der Waals surface area contributed by atoms with Gasteiger partial charge in [-0.15, -0.1) is 24.8 Å². The molecule has 1 aliphatic carbocycles. The molecule has 0 aromatic heterocycles. The summed E-state index contributed by atoms with van der Waals surface area (Å²) in [6.07, 6.45) is 10.0. The molecule has 0 spiro atoms. The molecule has 0 aromatic carbocycles. The van der Waals surface area contributed by atoms with Crippen LogP contribution in [0, 0.1) is 0 Å². The molecule has 1 rings (SSSR count). The van der Waals surface area contributed by atoms with Crippen LogP contribution in [0.5, 0.6) is 0 Å². The van der Waals surface area contributed by atoms with E-state index in [9.17, 15) is 0 Å². The molecular formula is C14H32Cl2NOZr. The molecule has 5 heteroatoms. The van der Waals surface area contributed by atoms with Crippen LogP contribution in [0.2, 0.25) is 23.2 Å². The molecule has 2 nitrogen and oxygen atoms in total. The average molecular weight is 393 g/mol. The van der Waals surface area contributed by atoms with Crippen LogP contribution in [0.1, 0.15) is 26.2 Å². The van der Waals surface area contributed by atoms with E-state index in [0.29, 0.717) is 0 Å². The van der Waals surface area contributed by atoms with Gasteiger partial charge in [0.05, 0.1) is 0 Å². The Labute approximate surface area is 126 Å². The summed E-state index contributed by atoms with van der Waals surface area (Å²) in [6, 6.07) is 0. The Hall–Kier alpha value is 0.863. The van der Waals surface area contributed by atoms with Crippen molar-refractivity contribution in [2.45, 2.75) is 49.3 Å². The van der Waals surface area contributed by atoms with Crippen molar-refractivity contribution in [3.63, 3.8) is 0 Å². The molecule has 19 heavy (non-hydrogen) atoms. The maximum absolute atomic E-state index is 5.83. The van der Waals surface area contributed by atoms with Gasteiger partial charge in [-0.05, 0) is 0 Å². The van der Waals surface area contributed by atoms with Gasteiger partial charge in [-0.1, -0.05) is 0 Å². The van der Waals surface area contributed by atoms with Crippen LogP contribution in [-0.2, 0) is 20.9 Å². The predicted octanol–water partition coefficient (Wildman–Crippen LogP) is 5.91. The molecule has 0 amide bonds. The standard InChI is InChI=1S/C5H5.C4H10NO.5CH3.2ClH.Zr/c1-2-4-5-3-1;1-2-3-4-6-5;;;;;;;;/h1-3H,4H2;5H,2-4H2,1H3;5*1H3;2*1H;/q;-1;;;;;;;;+1. The third kappa shape index (κ3) is 6.01. The summed E-state index contributed by atoms with van der Waals surface area (Å²) in [7, 11) is 0. The van der Waals surface area contributed by atoms with Gasteiger partial charge >= 0.3 is 102 Å². The first kappa shape index (κ1) is 22.1. The maximum Gasteiger partial charge on any atom is -0.147 e. The third-order valence-corrected chi connectivity index (χ3v) is 16.5. The molecule has 0 saturated carbocycles. The van der Waals surface area contributed by atoms with Gasteiger partial charge in [-0.2, -0.15) is 0 Å². The van der Waals surface area contributed by atoms with E-state index >= 15 is 0 Å². The molecule has 1 N–H and O–H groups in total. The number of halogens is 2. The van der Waals surface area contributed by atoms with Crippen molar-refractivity contribution in [3.05, 3.63) is 21.5 Å². The summed E-state index contributed by atoms with van der Waals surface area (Å²) in [4.78, 5) is 5.83. The van der Waals surface area contributed by atoms with Crippen molar-refractivity contribution in [2.24, 2.45) is 0 Å². The van der Waals surface area contributed by atoms with Gasteiger partial charge in [0.1, 0.15) is 0 Å². The summed E-state index contributed by atoms with van der Waals surface area (Å²) in [6.45, 7) is 2.98. The molecule has 0 aliphatic heterocycles. The van der Waals surface area contributed by atoms with Crippen molar-refractivity contribution in [1.82, 2.24) is 3.42 Å². The van der Waals surface area contributed by atoms with Crippen molar-refractivity contribution >= 4 is 24.8 Å². The van der Waals surface area contributed by atoms with E-state index in [-0.39, 0.29) is 24.8 Å². The topological polar surface area (TPSA) is 21.3 Å². The molecular weight excluding hydrogens is 360 g/mol. The van der Waals surface area contributed by atoms with E-state index in [1.54, 1.807) is 0 Å². The molecule has 0 unspecified atom stereocenters. The first-order valence-electron chi connectivity index (χ1n) is 6.92. The van der Waals surface area contributed by atoms with E-state index in [2.05, 4.69) is 51.7 Å². The number of nitrogens with one attached hydrogen (secondary N) is 1. The number of allylic oxidation sites excluding steroid dienone is 4. The molecule has 0 radical (unpaired) electrons. The van der Waals surface area contributed by atoms with Gasteiger partial charge in [-0.3, -0.25) is 0 Å². The second-order valence-electron chi connectivity index (χ2n) is 10.3. The zero-order chi connectivity index (χ0) is 13.3. The Morgan fingerprint density at radius 1 is 1.16 bits per heavy atom. The fourth-order valence-electron chi connectivity index (χ4n) is 2.20. The minimum absolute atomic E-state index is 0. The predicted molar refractivity (Wildman–Crippen MR) is 89.7 cm³/mol. The molecule has 1 aliphatic rings.